The molecular weight excluding hydrogens is 308 g/mol. The van der Waals surface area contributed by atoms with Crippen LogP contribution in [0.5, 0.6) is 0 Å². The van der Waals surface area contributed by atoms with Gasteiger partial charge in [0.05, 0.1) is 0 Å². The summed E-state index contributed by atoms with van der Waals surface area (Å²) in [6.07, 6.45) is 5.38. The van der Waals surface area contributed by atoms with E-state index in [0.29, 0.717) is 10.4 Å². The molecule has 0 bridgehead atoms. The lowest BCUT2D eigenvalue weighted by Crippen LogP contribution is -2.23. The monoisotopic (exact) mass is 326 g/mol. The van der Waals surface area contributed by atoms with Crippen molar-refractivity contribution in [3.8, 4) is 0 Å². The second kappa shape index (κ2) is 5.57. The lowest BCUT2D eigenvalue weighted by atomic mass is 9.89. The van der Waals surface area contributed by atoms with Crippen LogP contribution in [0.4, 0.5) is 5.69 Å². The maximum absolute atomic E-state index is 5.64. The van der Waals surface area contributed by atoms with Crippen LogP contribution in [0, 0.1) is 5.41 Å². The Balaban J connectivity index is 2.02. The van der Waals surface area contributed by atoms with Crippen molar-refractivity contribution >= 4 is 38.8 Å². The number of hydrogen-bond acceptors (Lipinski definition) is 2. The molecule has 0 saturated heterocycles. The molecule has 98 valence electrons. The molecule has 2 nitrogen and oxygen atoms in total. The Morgan fingerprint density at radius 2 is 2.11 bits per heavy atom. The predicted molar refractivity (Wildman–Crippen MR) is 85.1 cm³/mol. The Hall–Kier alpha value is -0.610. The summed E-state index contributed by atoms with van der Waals surface area (Å²) in [7, 11) is 0. The van der Waals surface area contributed by atoms with E-state index in [2.05, 4.69) is 28.2 Å². The van der Waals surface area contributed by atoms with Gasteiger partial charge in [-0.2, -0.15) is 0 Å². The molecule has 0 aliphatic heterocycles. The molecule has 1 aliphatic carbocycles. The zero-order chi connectivity index (χ0) is 13.2. The second-order valence-electron chi connectivity index (χ2n) is 5.43. The van der Waals surface area contributed by atoms with Gasteiger partial charge in [0.15, 0.2) is 0 Å². The normalized spacial score (nSPS) is 17.7. The Bertz CT molecular complexity index is 453. The summed E-state index contributed by atoms with van der Waals surface area (Å²) in [4.78, 5) is 0.427. The molecular formula is C14H19BrN2S. The molecule has 0 spiro atoms. The molecule has 2 rings (SSSR count). The molecule has 18 heavy (non-hydrogen) atoms. The lowest BCUT2D eigenvalue weighted by molar-refractivity contribution is 0.362. The van der Waals surface area contributed by atoms with Gasteiger partial charge in [-0.05, 0) is 52.4 Å². The first-order valence-electron chi connectivity index (χ1n) is 6.33. The molecule has 1 aliphatic rings. The third-order valence-electron chi connectivity index (χ3n) is 3.76. The topological polar surface area (TPSA) is 38.0 Å². The molecule has 0 aromatic heterocycles. The van der Waals surface area contributed by atoms with Crippen LogP contribution < -0.4 is 11.1 Å². The number of nitrogens with one attached hydrogen (secondary N) is 1. The molecule has 1 saturated carbocycles. The van der Waals surface area contributed by atoms with Crippen LogP contribution in [0.1, 0.15) is 38.2 Å². The number of nitrogens with two attached hydrogens (primary N) is 1. The van der Waals surface area contributed by atoms with Gasteiger partial charge in [-0.1, -0.05) is 32.0 Å². The van der Waals surface area contributed by atoms with Crippen LogP contribution >= 0.6 is 28.1 Å². The Kier molecular flexibility index (Phi) is 4.28. The van der Waals surface area contributed by atoms with E-state index in [-0.39, 0.29) is 0 Å². The van der Waals surface area contributed by atoms with Crippen molar-refractivity contribution in [1.82, 2.24) is 0 Å². The standard InChI is InChI=1S/C14H19BrN2S/c1-14(6-2-3-7-14)9-17-10-4-5-11(13(16)18)12(15)8-10/h4-5,8,17H,2-3,6-7,9H2,1H3,(H2,16,18). The van der Waals surface area contributed by atoms with Gasteiger partial charge in [-0.15, -0.1) is 0 Å². The third-order valence-corrected chi connectivity index (χ3v) is 4.64. The summed E-state index contributed by atoms with van der Waals surface area (Å²) in [6.45, 7) is 3.40. The summed E-state index contributed by atoms with van der Waals surface area (Å²) in [6, 6.07) is 6.05. The van der Waals surface area contributed by atoms with Gasteiger partial charge in [-0.25, -0.2) is 0 Å². The van der Waals surface area contributed by atoms with E-state index in [0.717, 1.165) is 22.3 Å². The molecule has 0 atom stereocenters. The first-order chi connectivity index (χ1) is 8.50. The maximum Gasteiger partial charge on any atom is 0.105 e. The van der Waals surface area contributed by atoms with E-state index in [4.69, 9.17) is 18.0 Å². The van der Waals surface area contributed by atoms with Gasteiger partial charge in [0, 0.05) is 22.3 Å². The molecule has 4 heteroatoms. The van der Waals surface area contributed by atoms with Gasteiger partial charge in [0.25, 0.3) is 0 Å². The molecule has 1 aromatic rings. The molecule has 0 heterocycles. The maximum atomic E-state index is 5.64. The average molecular weight is 327 g/mol. The molecule has 1 aromatic carbocycles. The van der Waals surface area contributed by atoms with E-state index < -0.39 is 0 Å². The fraction of sp³-hybridized carbons (Fsp3) is 0.500. The summed E-state index contributed by atoms with van der Waals surface area (Å²) >= 11 is 8.50. The fourth-order valence-corrected chi connectivity index (χ4v) is 3.45. The van der Waals surface area contributed by atoms with E-state index in [1.807, 2.05) is 18.2 Å². The highest BCUT2D eigenvalue weighted by molar-refractivity contribution is 9.10. The Labute approximate surface area is 122 Å². The van der Waals surface area contributed by atoms with E-state index in [9.17, 15) is 0 Å². The number of anilines is 1. The number of halogens is 1. The minimum Gasteiger partial charge on any atom is -0.389 e. The van der Waals surface area contributed by atoms with E-state index in [1.165, 1.54) is 25.7 Å². The van der Waals surface area contributed by atoms with Crippen molar-refractivity contribution in [2.75, 3.05) is 11.9 Å². The minimum atomic E-state index is 0.427. The number of hydrogen-bond donors (Lipinski definition) is 2. The van der Waals surface area contributed by atoms with Gasteiger partial charge in [0.2, 0.25) is 0 Å². The summed E-state index contributed by atoms with van der Waals surface area (Å²) in [5, 5.41) is 3.52. The van der Waals surface area contributed by atoms with Crippen molar-refractivity contribution in [2.24, 2.45) is 11.1 Å². The Morgan fingerprint density at radius 1 is 1.44 bits per heavy atom. The molecule has 1 fully saturated rings. The van der Waals surface area contributed by atoms with Gasteiger partial charge < -0.3 is 11.1 Å². The average Bonchev–Trinajstić information content (AvgIpc) is 2.74. The smallest absolute Gasteiger partial charge is 0.105 e. The number of benzene rings is 1. The van der Waals surface area contributed by atoms with Crippen LogP contribution in [0.3, 0.4) is 0 Å². The highest BCUT2D eigenvalue weighted by Crippen LogP contribution is 2.37. The molecule has 0 radical (unpaired) electrons. The zero-order valence-corrected chi connectivity index (χ0v) is 13.0. The lowest BCUT2D eigenvalue weighted by Gasteiger charge is -2.24. The fourth-order valence-electron chi connectivity index (χ4n) is 2.55. The van der Waals surface area contributed by atoms with Crippen LogP contribution in [0.2, 0.25) is 0 Å². The summed E-state index contributed by atoms with van der Waals surface area (Å²) in [5.74, 6) is 0. The van der Waals surface area contributed by atoms with Crippen molar-refractivity contribution < 1.29 is 0 Å². The second-order valence-corrected chi connectivity index (χ2v) is 6.72. The van der Waals surface area contributed by atoms with Gasteiger partial charge in [0.1, 0.15) is 4.99 Å². The highest BCUT2D eigenvalue weighted by Gasteiger charge is 2.28. The van der Waals surface area contributed by atoms with Crippen molar-refractivity contribution in [2.45, 2.75) is 32.6 Å². The van der Waals surface area contributed by atoms with E-state index in [1.54, 1.807) is 0 Å². The molecule has 0 unspecified atom stereocenters. The SMILES string of the molecule is CC1(CNc2ccc(C(N)=S)c(Br)c2)CCCC1. The minimum absolute atomic E-state index is 0.427. The van der Waals surface area contributed by atoms with Crippen LogP contribution in [-0.4, -0.2) is 11.5 Å². The zero-order valence-electron chi connectivity index (χ0n) is 10.6. The number of rotatable bonds is 4. The largest absolute Gasteiger partial charge is 0.389 e. The molecule has 3 N–H and O–H groups in total. The van der Waals surface area contributed by atoms with Gasteiger partial charge >= 0.3 is 0 Å². The van der Waals surface area contributed by atoms with Crippen LogP contribution in [-0.2, 0) is 0 Å². The van der Waals surface area contributed by atoms with Crippen molar-refractivity contribution in [1.29, 1.82) is 0 Å². The van der Waals surface area contributed by atoms with Gasteiger partial charge in [-0.3, -0.25) is 0 Å². The van der Waals surface area contributed by atoms with Crippen LogP contribution in [0.15, 0.2) is 22.7 Å². The Morgan fingerprint density at radius 3 is 2.67 bits per heavy atom. The highest BCUT2D eigenvalue weighted by atomic mass is 79.9. The summed E-state index contributed by atoms with van der Waals surface area (Å²) in [5.41, 5.74) is 8.10. The van der Waals surface area contributed by atoms with Crippen molar-refractivity contribution in [3.63, 3.8) is 0 Å². The molecule has 0 amide bonds. The van der Waals surface area contributed by atoms with Crippen LogP contribution in [0.25, 0.3) is 0 Å². The first-order valence-corrected chi connectivity index (χ1v) is 7.54. The third kappa shape index (κ3) is 3.23. The van der Waals surface area contributed by atoms with Crippen molar-refractivity contribution in [3.05, 3.63) is 28.2 Å². The number of thiocarbonyl (C=S) groups is 1. The first kappa shape index (κ1) is 13.8. The predicted octanol–water partition coefficient (Wildman–Crippen LogP) is 4.08. The quantitative estimate of drug-likeness (QED) is 0.819. The summed E-state index contributed by atoms with van der Waals surface area (Å²) < 4.78 is 0.955. The van der Waals surface area contributed by atoms with E-state index >= 15 is 0 Å².